The van der Waals surface area contributed by atoms with Crippen molar-refractivity contribution in [3.63, 3.8) is 0 Å². The summed E-state index contributed by atoms with van der Waals surface area (Å²) in [5, 5.41) is 18.8. The molecule has 9 heteroatoms. The van der Waals surface area contributed by atoms with E-state index in [1.165, 1.54) is 6.07 Å². The van der Waals surface area contributed by atoms with Gasteiger partial charge in [0, 0.05) is 34.3 Å². The molecule has 0 spiro atoms. The molecule has 3 N–H and O–H groups in total. The van der Waals surface area contributed by atoms with Crippen LogP contribution in [0.1, 0.15) is 21.6 Å². The second kappa shape index (κ2) is 8.95. The fraction of sp³-hybridized carbons (Fsp3) is 0.263. The van der Waals surface area contributed by atoms with Gasteiger partial charge in [0.15, 0.2) is 0 Å². The molecule has 0 aliphatic heterocycles. The average Bonchev–Trinajstić information content (AvgIpc) is 2.96. The van der Waals surface area contributed by atoms with Crippen LogP contribution in [0, 0.1) is 9.39 Å². The van der Waals surface area contributed by atoms with Crippen molar-refractivity contribution in [1.82, 2.24) is 15.0 Å². The number of hydrogen-bond acceptors (Lipinski definition) is 5. The number of carbonyl (C=O) groups is 1. The van der Waals surface area contributed by atoms with E-state index in [0.717, 1.165) is 3.57 Å². The van der Waals surface area contributed by atoms with Gasteiger partial charge >= 0.3 is 0 Å². The van der Waals surface area contributed by atoms with Crippen LogP contribution in [0.4, 0.5) is 4.39 Å². The van der Waals surface area contributed by atoms with Crippen molar-refractivity contribution in [2.75, 3.05) is 13.2 Å². The lowest BCUT2D eigenvalue weighted by Crippen LogP contribution is -2.30. The number of nitrogens with zero attached hydrogens (tertiary/aromatic N) is 2. The highest BCUT2D eigenvalue weighted by Crippen LogP contribution is 2.27. The van der Waals surface area contributed by atoms with E-state index in [-0.39, 0.29) is 18.8 Å². The van der Waals surface area contributed by atoms with Gasteiger partial charge in [0.05, 0.1) is 12.2 Å². The Kier molecular flexibility index (Phi) is 6.60. The van der Waals surface area contributed by atoms with Gasteiger partial charge in [0.25, 0.3) is 5.91 Å². The molecule has 7 nitrogen and oxygen atoms in total. The summed E-state index contributed by atoms with van der Waals surface area (Å²) in [5.41, 5.74) is 4.22. The molecule has 0 radical (unpaired) electrons. The van der Waals surface area contributed by atoms with E-state index in [0.29, 0.717) is 27.9 Å². The van der Waals surface area contributed by atoms with Crippen LogP contribution in [0.5, 0.6) is 0 Å². The molecular weight excluding hydrogens is 480 g/mol. The second-order valence-electron chi connectivity index (χ2n) is 6.25. The van der Waals surface area contributed by atoms with Crippen LogP contribution in [0.3, 0.4) is 0 Å². The molecule has 0 bridgehead atoms. The highest BCUT2D eigenvalue weighted by atomic mass is 127. The number of aromatic nitrogens is 2. The van der Waals surface area contributed by atoms with Gasteiger partial charge in [-0.1, -0.05) is 6.07 Å². The second-order valence-corrected chi connectivity index (χ2v) is 7.49. The number of aliphatic hydroxyl groups excluding tert-OH is 2. The standard InChI is InChI=1S/C19H19FIN3O4/c1-24-16(7-11-4-5-12(21)8-15(11)20)17(14-3-2-6-22-18(14)24)19(27)23-28-10-13(26)9-25/h2-6,8,13,25-26H,7,9-10H2,1H3,(H,23,27)/t13-/m1/s1. The maximum atomic E-state index is 14.4. The number of benzene rings is 1. The highest BCUT2D eigenvalue weighted by Gasteiger charge is 2.23. The predicted octanol–water partition coefficient (Wildman–Crippen LogP) is 1.92. The zero-order chi connectivity index (χ0) is 20.3. The van der Waals surface area contributed by atoms with Crippen molar-refractivity contribution >= 4 is 39.5 Å². The van der Waals surface area contributed by atoms with Crippen molar-refractivity contribution in [2.24, 2.45) is 7.05 Å². The molecule has 3 rings (SSSR count). The molecule has 1 amide bonds. The van der Waals surface area contributed by atoms with Crippen molar-refractivity contribution in [3.8, 4) is 0 Å². The minimum Gasteiger partial charge on any atom is -0.394 e. The Hall–Kier alpha value is -2.08. The third-order valence-electron chi connectivity index (χ3n) is 4.32. The number of carbonyl (C=O) groups excluding carboxylic acids is 1. The van der Waals surface area contributed by atoms with E-state index >= 15 is 0 Å². The molecule has 1 aromatic carbocycles. The van der Waals surface area contributed by atoms with Gasteiger partial charge < -0.3 is 14.8 Å². The number of pyridine rings is 1. The third-order valence-corrected chi connectivity index (χ3v) is 4.99. The fourth-order valence-electron chi connectivity index (χ4n) is 2.92. The highest BCUT2D eigenvalue weighted by molar-refractivity contribution is 14.1. The Balaban J connectivity index is 1.98. The number of halogens is 2. The number of fused-ring (bicyclic) bond motifs is 1. The van der Waals surface area contributed by atoms with E-state index in [1.54, 1.807) is 42.1 Å². The molecule has 3 aromatic rings. The van der Waals surface area contributed by atoms with Crippen LogP contribution in [0.25, 0.3) is 11.0 Å². The Morgan fingerprint density at radius 2 is 2.21 bits per heavy atom. The molecule has 2 heterocycles. The smallest absolute Gasteiger partial charge is 0.277 e. The Bertz CT molecular complexity index is 1010. The van der Waals surface area contributed by atoms with Gasteiger partial charge in [-0.15, -0.1) is 0 Å². The van der Waals surface area contributed by atoms with Crippen LogP contribution in [-0.2, 0) is 18.3 Å². The monoisotopic (exact) mass is 499 g/mol. The summed E-state index contributed by atoms with van der Waals surface area (Å²) >= 11 is 2.04. The van der Waals surface area contributed by atoms with Crippen LogP contribution in [-0.4, -0.2) is 45.0 Å². The predicted molar refractivity (Wildman–Crippen MR) is 109 cm³/mol. The molecule has 1 atom stereocenters. The van der Waals surface area contributed by atoms with Gasteiger partial charge in [0.1, 0.15) is 24.2 Å². The van der Waals surface area contributed by atoms with Crippen molar-refractivity contribution in [2.45, 2.75) is 12.5 Å². The molecule has 0 saturated carbocycles. The van der Waals surface area contributed by atoms with Gasteiger partial charge in [0.2, 0.25) is 0 Å². The fourth-order valence-corrected chi connectivity index (χ4v) is 3.38. The molecule has 0 saturated heterocycles. The van der Waals surface area contributed by atoms with Gasteiger partial charge in [-0.3, -0.25) is 9.63 Å². The summed E-state index contributed by atoms with van der Waals surface area (Å²) in [4.78, 5) is 22.1. The summed E-state index contributed by atoms with van der Waals surface area (Å²) in [5.74, 6) is -0.886. The molecule has 28 heavy (non-hydrogen) atoms. The number of hydroxylamine groups is 1. The number of aryl methyl sites for hydroxylation is 1. The maximum absolute atomic E-state index is 14.4. The summed E-state index contributed by atoms with van der Waals surface area (Å²) in [7, 11) is 1.77. The lowest BCUT2D eigenvalue weighted by molar-refractivity contribution is -0.0295. The van der Waals surface area contributed by atoms with Crippen LogP contribution >= 0.6 is 22.6 Å². The number of rotatable bonds is 7. The van der Waals surface area contributed by atoms with Crippen molar-refractivity contribution in [1.29, 1.82) is 0 Å². The number of nitrogens with one attached hydrogen (secondary N) is 1. The van der Waals surface area contributed by atoms with Gasteiger partial charge in [-0.2, -0.15) is 0 Å². The van der Waals surface area contributed by atoms with Crippen molar-refractivity contribution < 1.29 is 24.2 Å². The third kappa shape index (κ3) is 4.32. The van der Waals surface area contributed by atoms with E-state index in [1.807, 2.05) is 22.6 Å². The molecule has 2 aromatic heterocycles. The average molecular weight is 499 g/mol. The van der Waals surface area contributed by atoms with Crippen molar-refractivity contribution in [3.05, 3.63) is 62.7 Å². The molecule has 0 unspecified atom stereocenters. The van der Waals surface area contributed by atoms with Crippen LogP contribution in [0.2, 0.25) is 0 Å². The topological polar surface area (TPSA) is 96.6 Å². The van der Waals surface area contributed by atoms with Crippen LogP contribution in [0.15, 0.2) is 36.5 Å². The van der Waals surface area contributed by atoms with E-state index < -0.39 is 18.6 Å². The first kappa shape index (κ1) is 20.6. The SMILES string of the molecule is Cn1c(Cc2ccc(I)cc2F)c(C(=O)NOC[C@H](O)CO)c2cccnc21. The summed E-state index contributed by atoms with van der Waals surface area (Å²) in [6.07, 6.45) is 0.709. The largest absolute Gasteiger partial charge is 0.394 e. The zero-order valence-electron chi connectivity index (χ0n) is 15.0. The Morgan fingerprint density at radius 3 is 2.93 bits per heavy atom. The maximum Gasteiger partial charge on any atom is 0.277 e. The summed E-state index contributed by atoms with van der Waals surface area (Å²) < 4.78 is 16.9. The summed E-state index contributed by atoms with van der Waals surface area (Å²) in [6.45, 7) is -0.738. The van der Waals surface area contributed by atoms with E-state index in [9.17, 15) is 14.3 Å². The first-order valence-electron chi connectivity index (χ1n) is 8.49. The molecule has 0 fully saturated rings. The molecule has 0 aliphatic carbocycles. The number of hydrogen-bond donors (Lipinski definition) is 3. The molecule has 0 aliphatic rings. The van der Waals surface area contributed by atoms with E-state index in [2.05, 4.69) is 10.5 Å². The summed E-state index contributed by atoms with van der Waals surface area (Å²) in [6, 6.07) is 8.41. The Morgan fingerprint density at radius 1 is 1.43 bits per heavy atom. The molecular formula is C19H19FIN3O4. The lowest BCUT2D eigenvalue weighted by Gasteiger charge is -2.11. The Labute approximate surface area is 174 Å². The minimum atomic E-state index is -1.10. The zero-order valence-corrected chi connectivity index (χ0v) is 17.2. The quantitative estimate of drug-likeness (QED) is 0.341. The first-order valence-corrected chi connectivity index (χ1v) is 9.57. The van der Waals surface area contributed by atoms with Crippen LogP contribution < -0.4 is 5.48 Å². The lowest BCUT2D eigenvalue weighted by atomic mass is 10.0. The van der Waals surface area contributed by atoms with Gasteiger partial charge in [-0.25, -0.2) is 14.9 Å². The number of aliphatic hydroxyl groups is 2. The van der Waals surface area contributed by atoms with E-state index in [4.69, 9.17) is 9.94 Å². The minimum absolute atomic E-state index is 0.192. The van der Waals surface area contributed by atoms with Gasteiger partial charge in [-0.05, 0) is 52.4 Å². The first-order chi connectivity index (χ1) is 13.4. The number of amides is 1. The normalized spacial score (nSPS) is 12.3. The molecule has 148 valence electrons.